The summed E-state index contributed by atoms with van der Waals surface area (Å²) in [6.45, 7) is 2.73. The SMILES string of the molecule is CCCc1nnsc1C(=O)N(Cc1nn(C)c2c1CCC2)C1CCCC1. The molecule has 1 amide bonds. The summed E-state index contributed by atoms with van der Waals surface area (Å²) < 4.78 is 6.08. The number of rotatable bonds is 6. The van der Waals surface area contributed by atoms with Gasteiger partial charge < -0.3 is 4.90 Å². The summed E-state index contributed by atoms with van der Waals surface area (Å²) in [5.74, 6) is 0.104. The van der Waals surface area contributed by atoms with Crippen molar-refractivity contribution in [2.75, 3.05) is 0 Å². The van der Waals surface area contributed by atoms with Gasteiger partial charge in [-0.15, -0.1) is 5.10 Å². The van der Waals surface area contributed by atoms with Gasteiger partial charge in [-0.3, -0.25) is 9.48 Å². The van der Waals surface area contributed by atoms with Gasteiger partial charge in [0.15, 0.2) is 0 Å². The Kier molecular flexibility index (Phi) is 5.07. The van der Waals surface area contributed by atoms with Crippen LogP contribution in [0.3, 0.4) is 0 Å². The molecule has 0 N–H and O–H groups in total. The van der Waals surface area contributed by atoms with Gasteiger partial charge in [0.1, 0.15) is 4.88 Å². The first-order chi connectivity index (χ1) is 12.7. The van der Waals surface area contributed by atoms with E-state index in [1.807, 2.05) is 11.7 Å². The third kappa shape index (κ3) is 3.17. The highest BCUT2D eigenvalue weighted by atomic mass is 32.1. The number of nitrogens with zero attached hydrogens (tertiary/aromatic N) is 5. The van der Waals surface area contributed by atoms with E-state index < -0.39 is 0 Å². The van der Waals surface area contributed by atoms with E-state index in [1.54, 1.807) is 0 Å². The first-order valence-corrected chi connectivity index (χ1v) is 10.6. The molecule has 2 heterocycles. The van der Waals surface area contributed by atoms with Crippen LogP contribution in [-0.2, 0) is 32.9 Å². The maximum atomic E-state index is 13.4. The van der Waals surface area contributed by atoms with Crippen molar-refractivity contribution in [2.24, 2.45) is 7.05 Å². The van der Waals surface area contributed by atoms with Crippen LogP contribution in [0.2, 0.25) is 0 Å². The van der Waals surface area contributed by atoms with Gasteiger partial charge in [0.05, 0.1) is 17.9 Å². The molecule has 4 rings (SSSR count). The van der Waals surface area contributed by atoms with Gasteiger partial charge in [0.25, 0.3) is 5.91 Å². The Labute approximate surface area is 158 Å². The number of amides is 1. The largest absolute Gasteiger partial charge is 0.329 e. The lowest BCUT2D eigenvalue weighted by Crippen LogP contribution is -2.38. The van der Waals surface area contributed by atoms with E-state index in [-0.39, 0.29) is 5.91 Å². The highest BCUT2D eigenvalue weighted by molar-refractivity contribution is 7.08. The maximum absolute atomic E-state index is 13.4. The molecule has 0 atom stereocenters. The summed E-state index contributed by atoms with van der Waals surface area (Å²) in [5.41, 5.74) is 4.68. The van der Waals surface area contributed by atoms with E-state index in [4.69, 9.17) is 5.10 Å². The van der Waals surface area contributed by atoms with Crippen LogP contribution in [0.15, 0.2) is 0 Å². The molecule has 26 heavy (non-hydrogen) atoms. The second kappa shape index (κ2) is 7.47. The van der Waals surface area contributed by atoms with E-state index in [0.717, 1.165) is 54.8 Å². The van der Waals surface area contributed by atoms with Crippen LogP contribution < -0.4 is 0 Å². The molecule has 6 nitrogen and oxygen atoms in total. The Balaban J connectivity index is 1.63. The minimum absolute atomic E-state index is 0.104. The summed E-state index contributed by atoms with van der Waals surface area (Å²) in [4.78, 5) is 16.2. The summed E-state index contributed by atoms with van der Waals surface area (Å²) in [6.07, 6.45) is 9.79. The second-order valence-corrected chi connectivity index (χ2v) is 8.27. The third-order valence-corrected chi connectivity index (χ3v) is 6.54. The maximum Gasteiger partial charge on any atom is 0.268 e. The number of aromatic nitrogens is 4. The number of carbonyl (C=O) groups excluding carboxylic acids is 1. The Morgan fingerprint density at radius 1 is 1.23 bits per heavy atom. The fraction of sp³-hybridized carbons (Fsp3) is 0.684. The van der Waals surface area contributed by atoms with Crippen molar-refractivity contribution in [1.82, 2.24) is 24.3 Å². The molecule has 2 aliphatic carbocycles. The van der Waals surface area contributed by atoms with Crippen molar-refractivity contribution in [3.8, 4) is 0 Å². The van der Waals surface area contributed by atoms with Crippen LogP contribution >= 0.6 is 11.5 Å². The molecule has 0 saturated heterocycles. The third-order valence-electron chi connectivity index (χ3n) is 5.78. The molecule has 2 aromatic heterocycles. The molecule has 1 fully saturated rings. The number of carbonyl (C=O) groups is 1. The van der Waals surface area contributed by atoms with Crippen LogP contribution in [0.4, 0.5) is 0 Å². The van der Waals surface area contributed by atoms with Crippen molar-refractivity contribution in [3.63, 3.8) is 0 Å². The van der Waals surface area contributed by atoms with Crippen LogP contribution in [0, 0.1) is 0 Å². The topological polar surface area (TPSA) is 63.9 Å². The molecular formula is C19H27N5OS. The van der Waals surface area contributed by atoms with Crippen LogP contribution in [-0.4, -0.2) is 36.2 Å². The van der Waals surface area contributed by atoms with Crippen molar-refractivity contribution in [3.05, 3.63) is 27.5 Å². The van der Waals surface area contributed by atoms with Crippen molar-refractivity contribution >= 4 is 17.4 Å². The highest BCUT2D eigenvalue weighted by Crippen LogP contribution is 2.31. The summed E-state index contributed by atoms with van der Waals surface area (Å²) in [7, 11) is 2.03. The molecular weight excluding hydrogens is 346 g/mol. The Hall–Kier alpha value is -1.76. The molecule has 0 spiro atoms. The molecule has 1 saturated carbocycles. The Morgan fingerprint density at radius 3 is 2.81 bits per heavy atom. The molecule has 2 aromatic rings. The second-order valence-electron chi connectivity index (χ2n) is 7.52. The standard InChI is InChI=1S/C19H27N5OS/c1-3-7-15-18(26-22-20-15)19(25)24(13-8-4-5-9-13)12-16-14-10-6-11-17(14)23(2)21-16/h13H,3-12H2,1-2H3. The van der Waals surface area contributed by atoms with Gasteiger partial charge in [-0.25, -0.2) is 0 Å². The highest BCUT2D eigenvalue weighted by Gasteiger charge is 2.32. The molecule has 0 aliphatic heterocycles. The lowest BCUT2D eigenvalue weighted by Gasteiger charge is -2.28. The lowest BCUT2D eigenvalue weighted by molar-refractivity contribution is 0.0664. The average Bonchev–Trinajstić information content (AvgIpc) is 3.40. The molecule has 0 radical (unpaired) electrons. The number of hydrogen-bond donors (Lipinski definition) is 0. The lowest BCUT2D eigenvalue weighted by atomic mass is 10.1. The summed E-state index contributed by atoms with van der Waals surface area (Å²) in [6, 6.07) is 0.318. The average molecular weight is 374 g/mol. The fourth-order valence-corrected chi connectivity index (χ4v) is 5.14. The predicted molar refractivity (Wildman–Crippen MR) is 101 cm³/mol. The Bertz CT molecular complexity index is 790. The van der Waals surface area contributed by atoms with E-state index in [2.05, 4.69) is 21.4 Å². The van der Waals surface area contributed by atoms with Crippen LogP contribution in [0.25, 0.3) is 0 Å². The first kappa shape index (κ1) is 17.6. The van der Waals surface area contributed by atoms with Gasteiger partial charge in [-0.05, 0) is 55.6 Å². The van der Waals surface area contributed by atoms with Gasteiger partial charge in [-0.1, -0.05) is 30.7 Å². The fourth-order valence-electron chi connectivity index (χ4n) is 4.47. The summed E-state index contributed by atoms with van der Waals surface area (Å²) in [5, 5.41) is 8.97. The minimum Gasteiger partial charge on any atom is -0.329 e. The number of fused-ring (bicyclic) bond motifs is 1. The minimum atomic E-state index is 0.104. The molecule has 0 aromatic carbocycles. The first-order valence-electron chi connectivity index (χ1n) is 9.84. The van der Waals surface area contributed by atoms with E-state index in [9.17, 15) is 4.79 Å². The Morgan fingerprint density at radius 2 is 2.04 bits per heavy atom. The number of hydrogen-bond acceptors (Lipinski definition) is 5. The van der Waals surface area contributed by atoms with Gasteiger partial charge in [-0.2, -0.15) is 5.10 Å². The zero-order valence-electron chi connectivity index (χ0n) is 15.7. The molecule has 7 heteroatoms. The van der Waals surface area contributed by atoms with Gasteiger partial charge in [0, 0.05) is 18.8 Å². The molecule has 0 bridgehead atoms. The monoisotopic (exact) mass is 373 g/mol. The van der Waals surface area contributed by atoms with Crippen molar-refractivity contribution in [1.29, 1.82) is 0 Å². The van der Waals surface area contributed by atoms with Crippen molar-refractivity contribution < 1.29 is 4.79 Å². The van der Waals surface area contributed by atoms with Gasteiger partial charge in [0.2, 0.25) is 0 Å². The van der Waals surface area contributed by atoms with E-state index in [0.29, 0.717) is 12.6 Å². The quantitative estimate of drug-likeness (QED) is 0.779. The normalized spacial score (nSPS) is 17.0. The van der Waals surface area contributed by atoms with E-state index in [1.165, 1.54) is 42.1 Å². The molecule has 2 aliphatic rings. The zero-order valence-corrected chi connectivity index (χ0v) is 16.5. The zero-order chi connectivity index (χ0) is 18.1. The predicted octanol–water partition coefficient (Wildman–Crippen LogP) is 3.30. The smallest absolute Gasteiger partial charge is 0.268 e. The van der Waals surface area contributed by atoms with Crippen molar-refractivity contribution in [2.45, 2.75) is 77.3 Å². The number of aryl methyl sites for hydroxylation is 2. The summed E-state index contributed by atoms with van der Waals surface area (Å²) >= 11 is 1.25. The molecule has 0 unspecified atom stereocenters. The molecule has 140 valence electrons. The van der Waals surface area contributed by atoms with Crippen LogP contribution in [0.5, 0.6) is 0 Å². The van der Waals surface area contributed by atoms with E-state index >= 15 is 0 Å². The van der Waals surface area contributed by atoms with Gasteiger partial charge >= 0.3 is 0 Å². The van der Waals surface area contributed by atoms with Crippen LogP contribution in [0.1, 0.15) is 77.8 Å².